The van der Waals surface area contributed by atoms with Gasteiger partial charge in [-0.15, -0.1) is 6.42 Å². The van der Waals surface area contributed by atoms with Gasteiger partial charge in [0, 0.05) is 6.92 Å². The first-order chi connectivity index (χ1) is 6.80. The normalized spacial score (nSPS) is 16.6. The van der Waals surface area contributed by atoms with Crippen LogP contribution in [-0.2, 0) is 9.53 Å². The Morgan fingerprint density at radius 1 is 1.47 bits per heavy atom. The summed E-state index contributed by atoms with van der Waals surface area (Å²) in [6, 6.07) is 0. The zero-order valence-electron chi connectivity index (χ0n) is 10.5. The molecular weight excluding hydrogens is 188 g/mol. The summed E-state index contributed by atoms with van der Waals surface area (Å²) in [5.41, 5.74) is -0.741. The molecule has 0 heterocycles. The maximum Gasteiger partial charge on any atom is 0.304 e. The molecule has 0 aromatic carbocycles. The van der Waals surface area contributed by atoms with E-state index < -0.39 is 5.60 Å². The molecule has 2 heteroatoms. The number of terminal acetylenes is 1. The number of hydrogen-bond acceptors (Lipinski definition) is 2. The fraction of sp³-hybridized carbons (Fsp3) is 0.769. The van der Waals surface area contributed by atoms with Gasteiger partial charge in [-0.05, 0) is 31.6 Å². The van der Waals surface area contributed by atoms with Crippen molar-refractivity contribution >= 4 is 5.97 Å². The molecule has 0 aromatic rings. The summed E-state index contributed by atoms with van der Waals surface area (Å²) in [7, 11) is 0. The molecule has 0 spiro atoms. The van der Waals surface area contributed by atoms with E-state index in [9.17, 15) is 4.79 Å². The fourth-order valence-corrected chi connectivity index (χ4v) is 1.31. The minimum absolute atomic E-state index is 0.312. The van der Waals surface area contributed by atoms with Gasteiger partial charge in [-0.25, -0.2) is 0 Å². The Kier molecular flexibility index (Phi) is 5.43. The summed E-state index contributed by atoms with van der Waals surface area (Å²) in [6.45, 7) is 9.74. The van der Waals surface area contributed by atoms with E-state index in [1.165, 1.54) is 6.92 Å². The molecule has 0 unspecified atom stereocenters. The average molecular weight is 210 g/mol. The van der Waals surface area contributed by atoms with Crippen LogP contribution >= 0.6 is 0 Å². The third-order valence-corrected chi connectivity index (χ3v) is 2.89. The van der Waals surface area contributed by atoms with Crippen molar-refractivity contribution in [3.8, 4) is 12.3 Å². The minimum atomic E-state index is -0.741. The van der Waals surface area contributed by atoms with Crippen molar-refractivity contribution in [1.29, 1.82) is 0 Å². The highest BCUT2D eigenvalue weighted by atomic mass is 16.6. The molecule has 0 radical (unpaired) electrons. The van der Waals surface area contributed by atoms with Crippen LogP contribution in [0.1, 0.15) is 47.5 Å². The van der Waals surface area contributed by atoms with Crippen molar-refractivity contribution in [3.05, 3.63) is 0 Å². The number of carbonyl (C=O) groups excluding carboxylic acids is 1. The number of hydrogen-bond donors (Lipinski definition) is 0. The largest absolute Gasteiger partial charge is 0.446 e. The minimum Gasteiger partial charge on any atom is -0.446 e. The molecular formula is C13H22O2. The molecule has 0 rings (SSSR count). The zero-order valence-corrected chi connectivity index (χ0v) is 10.5. The predicted octanol–water partition coefficient (Wildman–Crippen LogP) is 3.01. The van der Waals surface area contributed by atoms with Crippen LogP contribution in [0.2, 0.25) is 0 Å². The first-order valence-electron chi connectivity index (χ1n) is 5.48. The molecule has 0 saturated carbocycles. The lowest BCUT2D eigenvalue weighted by Crippen LogP contribution is -2.29. The Morgan fingerprint density at radius 3 is 2.33 bits per heavy atom. The number of rotatable bonds is 5. The molecule has 0 saturated heterocycles. The van der Waals surface area contributed by atoms with Gasteiger partial charge in [-0.1, -0.05) is 26.7 Å². The summed E-state index contributed by atoms with van der Waals surface area (Å²) >= 11 is 0. The van der Waals surface area contributed by atoms with Crippen LogP contribution in [0.4, 0.5) is 0 Å². The van der Waals surface area contributed by atoms with Gasteiger partial charge in [0.2, 0.25) is 0 Å². The maximum atomic E-state index is 10.9. The van der Waals surface area contributed by atoms with E-state index in [0.29, 0.717) is 11.8 Å². The van der Waals surface area contributed by atoms with Crippen molar-refractivity contribution in [1.82, 2.24) is 0 Å². The van der Waals surface area contributed by atoms with E-state index in [1.807, 2.05) is 0 Å². The SMILES string of the molecule is C#C[C@@](C)(CC[C@@H](C)C(C)C)OC(C)=O. The van der Waals surface area contributed by atoms with Gasteiger partial charge in [-0.2, -0.15) is 0 Å². The standard InChI is InChI=1S/C13H22O2/c1-7-13(6,15-12(5)14)9-8-11(4)10(2)3/h1,10-11H,8-9H2,2-6H3/t11-,13+/m1/s1. The van der Waals surface area contributed by atoms with Gasteiger partial charge in [0.1, 0.15) is 0 Å². The van der Waals surface area contributed by atoms with E-state index in [0.717, 1.165) is 12.8 Å². The molecule has 0 amide bonds. The second-order valence-corrected chi connectivity index (χ2v) is 4.73. The van der Waals surface area contributed by atoms with Gasteiger partial charge < -0.3 is 4.74 Å². The first-order valence-corrected chi connectivity index (χ1v) is 5.48. The van der Waals surface area contributed by atoms with Crippen molar-refractivity contribution in [2.45, 2.75) is 53.1 Å². The van der Waals surface area contributed by atoms with Crippen LogP contribution in [-0.4, -0.2) is 11.6 Å². The lowest BCUT2D eigenvalue weighted by Gasteiger charge is -2.25. The lowest BCUT2D eigenvalue weighted by molar-refractivity contribution is -0.150. The summed E-state index contributed by atoms with van der Waals surface area (Å²) in [4.78, 5) is 10.9. The van der Waals surface area contributed by atoms with Gasteiger partial charge >= 0.3 is 5.97 Å². The molecule has 0 aliphatic carbocycles. The molecule has 86 valence electrons. The summed E-state index contributed by atoms with van der Waals surface area (Å²) in [5, 5.41) is 0. The van der Waals surface area contributed by atoms with Crippen molar-refractivity contribution in [2.24, 2.45) is 11.8 Å². The Balaban J connectivity index is 4.22. The van der Waals surface area contributed by atoms with E-state index in [2.05, 4.69) is 26.7 Å². The smallest absolute Gasteiger partial charge is 0.304 e. The quantitative estimate of drug-likeness (QED) is 0.515. The average Bonchev–Trinajstić information content (AvgIpc) is 2.13. The molecule has 0 fully saturated rings. The highest BCUT2D eigenvalue weighted by molar-refractivity contribution is 5.67. The van der Waals surface area contributed by atoms with Gasteiger partial charge in [0.25, 0.3) is 0 Å². The van der Waals surface area contributed by atoms with Crippen LogP contribution in [0.15, 0.2) is 0 Å². The highest BCUT2D eigenvalue weighted by Crippen LogP contribution is 2.23. The van der Waals surface area contributed by atoms with Crippen LogP contribution in [0, 0.1) is 24.2 Å². The van der Waals surface area contributed by atoms with Crippen molar-refractivity contribution in [3.63, 3.8) is 0 Å². The monoisotopic (exact) mass is 210 g/mol. The van der Waals surface area contributed by atoms with E-state index in [-0.39, 0.29) is 5.97 Å². The second-order valence-electron chi connectivity index (χ2n) is 4.73. The number of esters is 1. The van der Waals surface area contributed by atoms with Crippen molar-refractivity contribution < 1.29 is 9.53 Å². The Bertz CT molecular complexity index is 250. The molecule has 15 heavy (non-hydrogen) atoms. The third kappa shape index (κ3) is 5.47. The van der Waals surface area contributed by atoms with Gasteiger partial charge in [0.15, 0.2) is 5.60 Å². The molecule has 0 bridgehead atoms. The number of ether oxygens (including phenoxy) is 1. The summed E-state index contributed by atoms with van der Waals surface area (Å²) in [5.74, 6) is 3.47. The lowest BCUT2D eigenvalue weighted by atomic mass is 9.88. The predicted molar refractivity (Wildman–Crippen MR) is 62.2 cm³/mol. The molecule has 0 aliphatic heterocycles. The maximum absolute atomic E-state index is 10.9. The van der Waals surface area contributed by atoms with Crippen LogP contribution in [0.25, 0.3) is 0 Å². The molecule has 0 aliphatic rings. The Labute approximate surface area is 93.4 Å². The zero-order chi connectivity index (χ0) is 12.1. The third-order valence-electron chi connectivity index (χ3n) is 2.89. The topological polar surface area (TPSA) is 26.3 Å². The summed E-state index contributed by atoms with van der Waals surface area (Å²) < 4.78 is 5.14. The van der Waals surface area contributed by atoms with E-state index in [4.69, 9.17) is 11.2 Å². The van der Waals surface area contributed by atoms with Gasteiger partial charge in [-0.3, -0.25) is 4.79 Å². The fourth-order valence-electron chi connectivity index (χ4n) is 1.31. The Morgan fingerprint density at radius 2 is 2.00 bits per heavy atom. The molecule has 0 N–H and O–H groups in total. The molecule has 2 nitrogen and oxygen atoms in total. The molecule has 2 atom stereocenters. The van der Waals surface area contributed by atoms with Crippen molar-refractivity contribution in [2.75, 3.05) is 0 Å². The van der Waals surface area contributed by atoms with Crippen LogP contribution in [0.3, 0.4) is 0 Å². The van der Waals surface area contributed by atoms with Crippen LogP contribution in [0.5, 0.6) is 0 Å². The van der Waals surface area contributed by atoms with E-state index >= 15 is 0 Å². The van der Waals surface area contributed by atoms with Crippen LogP contribution < -0.4 is 0 Å². The number of carbonyl (C=O) groups is 1. The molecule has 0 aromatic heterocycles. The van der Waals surface area contributed by atoms with E-state index in [1.54, 1.807) is 6.92 Å². The first kappa shape index (κ1) is 14.0. The Hall–Kier alpha value is -0.970. The second kappa shape index (κ2) is 5.80. The summed E-state index contributed by atoms with van der Waals surface area (Å²) in [6.07, 6.45) is 7.09. The van der Waals surface area contributed by atoms with Gasteiger partial charge in [0.05, 0.1) is 0 Å². The highest BCUT2D eigenvalue weighted by Gasteiger charge is 2.25.